The summed E-state index contributed by atoms with van der Waals surface area (Å²) in [6.45, 7) is 1.25. The summed E-state index contributed by atoms with van der Waals surface area (Å²) in [5.74, 6) is 0.465. The summed E-state index contributed by atoms with van der Waals surface area (Å²) < 4.78 is 34.3. The predicted octanol–water partition coefficient (Wildman–Crippen LogP) is 4.16. The van der Waals surface area contributed by atoms with Crippen LogP contribution in [0.3, 0.4) is 0 Å². The highest BCUT2D eigenvalue weighted by Crippen LogP contribution is 2.30. The van der Waals surface area contributed by atoms with E-state index in [0.29, 0.717) is 17.7 Å². The first-order chi connectivity index (χ1) is 13.8. The highest BCUT2D eigenvalue weighted by Gasteiger charge is 2.17. The molecule has 0 saturated heterocycles. The van der Waals surface area contributed by atoms with Gasteiger partial charge in [0, 0.05) is 13.6 Å². The molecule has 2 heterocycles. The molecule has 0 bridgehead atoms. The molecule has 0 radical (unpaired) electrons. The minimum absolute atomic E-state index is 0.0758. The van der Waals surface area contributed by atoms with Crippen LogP contribution in [-0.4, -0.2) is 45.4 Å². The van der Waals surface area contributed by atoms with E-state index in [0.717, 1.165) is 32.9 Å². The first-order valence-electron chi connectivity index (χ1n) is 8.50. The highest BCUT2D eigenvalue weighted by molar-refractivity contribution is 7.99. The molecular formula is C18H18F2N4O3S2. The minimum atomic E-state index is -2.86. The van der Waals surface area contributed by atoms with E-state index < -0.39 is 6.61 Å². The quantitative estimate of drug-likeness (QED) is 0.487. The van der Waals surface area contributed by atoms with Gasteiger partial charge in [-0.2, -0.15) is 8.78 Å². The summed E-state index contributed by atoms with van der Waals surface area (Å²) in [4.78, 5) is 19.0. The zero-order valence-corrected chi connectivity index (χ0v) is 17.5. The fraction of sp³-hybridized carbons (Fsp3) is 0.333. The molecule has 11 heteroatoms. The molecule has 3 aromatic rings. The summed E-state index contributed by atoms with van der Waals surface area (Å²) in [7, 11) is 1.66. The highest BCUT2D eigenvalue weighted by atomic mass is 32.2. The Labute approximate surface area is 174 Å². The lowest BCUT2D eigenvalue weighted by Crippen LogP contribution is -2.27. The third-order valence-corrected chi connectivity index (χ3v) is 5.68. The minimum Gasteiger partial charge on any atom is -0.435 e. The topological polar surface area (TPSA) is 81.4 Å². The van der Waals surface area contributed by atoms with Crippen molar-refractivity contribution >= 4 is 29.0 Å². The van der Waals surface area contributed by atoms with E-state index in [1.165, 1.54) is 28.4 Å². The van der Waals surface area contributed by atoms with Gasteiger partial charge in [-0.3, -0.25) is 4.79 Å². The molecular weight excluding hydrogens is 422 g/mol. The van der Waals surface area contributed by atoms with Gasteiger partial charge >= 0.3 is 6.61 Å². The second-order valence-corrected chi connectivity index (χ2v) is 8.21. The van der Waals surface area contributed by atoms with Crippen LogP contribution in [0, 0.1) is 13.8 Å². The molecule has 0 atom stereocenters. The van der Waals surface area contributed by atoms with Gasteiger partial charge in [-0.15, -0.1) is 21.5 Å². The number of ether oxygens (including phenoxy) is 1. The van der Waals surface area contributed by atoms with Crippen molar-refractivity contribution in [3.05, 3.63) is 40.5 Å². The Balaban J connectivity index is 1.52. The van der Waals surface area contributed by atoms with Crippen molar-refractivity contribution in [2.24, 2.45) is 0 Å². The number of thioether (sulfide) groups is 1. The molecule has 0 fully saturated rings. The number of aryl methyl sites for hydroxylation is 2. The fourth-order valence-electron chi connectivity index (χ4n) is 2.46. The number of carbonyl (C=O) groups is 1. The first kappa shape index (κ1) is 21.2. The van der Waals surface area contributed by atoms with Crippen LogP contribution in [0.2, 0.25) is 0 Å². The molecule has 0 aliphatic carbocycles. The summed E-state index contributed by atoms with van der Waals surface area (Å²) in [6.07, 6.45) is 0. The number of rotatable bonds is 8. The third kappa shape index (κ3) is 5.73. The Bertz CT molecular complexity index is 976. The van der Waals surface area contributed by atoms with Crippen LogP contribution in [-0.2, 0) is 11.3 Å². The zero-order valence-electron chi connectivity index (χ0n) is 15.9. The number of aromatic nitrogens is 3. The number of nitrogens with zero attached hydrogens (tertiary/aromatic N) is 4. The largest absolute Gasteiger partial charge is 0.435 e. The monoisotopic (exact) mass is 440 g/mol. The van der Waals surface area contributed by atoms with Crippen LogP contribution in [0.15, 0.2) is 33.9 Å². The molecule has 154 valence electrons. The van der Waals surface area contributed by atoms with E-state index in [4.69, 9.17) is 4.42 Å². The van der Waals surface area contributed by atoms with E-state index in [-0.39, 0.29) is 17.4 Å². The van der Waals surface area contributed by atoms with Gasteiger partial charge in [-0.25, -0.2) is 4.98 Å². The number of benzene rings is 1. The lowest BCUT2D eigenvalue weighted by molar-refractivity contribution is -0.127. The fourth-order valence-corrected chi connectivity index (χ4v) is 4.01. The second-order valence-electron chi connectivity index (χ2n) is 6.08. The number of hydrogen-bond donors (Lipinski definition) is 0. The molecule has 0 saturated carbocycles. The average Bonchev–Trinajstić information content (AvgIpc) is 3.26. The van der Waals surface area contributed by atoms with Crippen molar-refractivity contribution in [2.45, 2.75) is 32.2 Å². The summed E-state index contributed by atoms with van der Waals surface area (Å²) in [5.41, 5.74) is 1.62. The molecule has 7 nitrogen and oxygen atoms in total. The van der Waals surface area contributed by atoms with Gasteiger partial charge in [0.1, 0.15) is 10.6 Å². The van der Waals surface area contributed by atoms with Crippen LogP contribution in [0.1, 0.15) is 16.3 Å². The van der Waals surface area contributed by atoms with Crippen molar-refractivity contribution in [1.82, 2.24) is 20.1 Å². The van der Waals surface area contributed by atoms with E-state index in [2.05, 4.69) is 19.9 Å². The molecule has 29 heavy (non-hydrogen) atoms. The molecule has 0 unspecified atom stereocenters. The maximum Gasteiger partial charge on any atom is 0.387 e. The zero-order chi connectivity index (χ0) is 21.0. The summed E-state index contributed by atoms with van der Waals surface area (Å²) >= 11 is 2.63. The van der Waals surface area contributed by atoms with Crippen molar-refractivity contribution in [3.63, 3.8) is 0 Å². The Morgan fingerprint density at radius 2 is 2.00 bits per heavy atom. The predicted molar refractivity (Wildman–Crippen MR) is 105 cm³/mol. The van der Waals surface area contributed by atoms with Crippen LogP contribution in [0.4, 0.5) is 8.78 Å². The molecule has 2 aromatic heterocycles. The van der Waals surface area contributed by atoms with Crippen molar-refractivity contribution in [2.75, 3.05) is 12.8 Å². The number of hydrogen-bond acceptors (Lipinski definition) is 8. The maximum absolute atomic E-state index is 12.4. The van der Waals surface area contributed by atoms with Crippen molar-refractivity contribution in [3.8, 4) is 16.5 Å². The van der Waals surface area contributed by atoms with Gasteiger partial charge in [0.25, 0.3) is 11.1 Å². The van der Waals surface area contributed by atoms with Crippen LogP contribution in [0.25, 0.3) is 10.8 Å². The number of amides is 1. The van der Waals surface area contributed by atoms with Gasteiger partial charge in [-0.1, -0.05) is 23.9 Å². The van der Waals surface area contributed by atoms with E-state index in [1.54, 1.807) is 19.2 Å². The second kappa shape index (κ2) is 9.31. The van der Waals surface area contributed by atoms with Crippen LogP contribution >= 0.6 is 23.1 Å². The average molecular weight is 440 g/mol. The van der Waals surface area contributed by atoms with Crippen molar-refractivity contribution < 1.29 is 22.7 Å². The lowest BCUT2D eigenvalue weighted by atomic mass is 10.2. The SMILES string of the molecule is Cc1nc(C)c(-c2nnc(SCC(=O)N(C)Cc3ccc(OC(F)F)cc3)o2)s1. The summed E-state index contributed by atoms with van der Waals surface area (Å²) in [5, 5.41) is 9.21. The molecule has 0 N–H and O–H groups in total. The molecule has 0 spiro atoms. The van der Waals surface area contributed by atoms with Gasteiger partial charge < -0.3 is 14.1 Å². The normalized spacial score (nSPS) is 11.1. The smallest absolute Gasteiger partial charge is 0.387 e. The standard InChI is InChI=1S/C18H18F2N4O3S2/c1-10-15(29-11(2)21-10)16-22-23-18(27-16)28-9-14(25)24(3)8-12-4-6-13(7-5-12)26-17(19)20/h4-7,17H,8-9H2,1-3H3. The molecule has 0 aliphatic heterocycles. The van der Waals surface area contributed by atoms with Gasteiger partial charge in [0.05, 0.1) is 16.5 Å². The van der Waals surface area contributed by atoms with Gasteiger partial charge in [0.15, 0.2) is 0 Å². The third-order valence-electron chi connectivity index (χ3n) is 3.82. The first-order valence-corrected chi connectivity index (χ1v) is 10.3. The Hall–Kier alpha value is -2.53. The van der Waals surface area contributed by atoms with Gasteiger partial charge in [0.2, 0.25) is 5.91 Å². The molecule has 1 amide bonds. The van der Waals surface area contributed by atoms with E-state index >= 15 is 0 Å². The van der Waals surface area contributed by atoms with E-state index in [9.17, 15) is 13.6 Å². The Morgan fingerprint density at radius 3 is 2.62 bits per heavy atom. The van der Waals surface area contributed by atoms with Gasteiger partial charge in [-0.05, 0) is 31.5 Å². The molecule has 1 aromatic carbocycles. The number of thiazole rings is 1. The Morgan fingerprint density at radius 1 is 1.28 bits per heavy atom. The van der Waals surface area contributed by atoms with E-state index in [1.807, 2.05) is 13.8 Å². The number of carbonyl (C=O) groups excluding carboxylic acids is 1. The lowest BCUT2D eigenvalue weighted by Gasteiger charge is -2.17. The van der Waals surface area contributed by atoms with Crippen LogP contribution in [0.5, 0.6) is 5.75 Å². The molecule has 3 rings (SSSR count). The van der Waals surface area contributed by atoms with Crippen LogP contribution < -0.4 is 4.74 Å². The molecule has 0 aliphatic rings. The Kier molecular flexibility index (Phi) is 6.80. The number of alkyl halides is 2. The van der Waals surface area contributed by atoms with Crippen molar-refractivity contribution in [1.29, 1.82) is 0 Å². The summed E-state index contributed by atoms with van der Waals surface area (Å²) in [6, 6.07) is 6.16. The maximum atomic E-state index is 12.4. The number of halogens is 2.